The van der Waals surface area contributed by atoms with Gasteiger partial charge in [0.2, 0.25) is 0 Å². The molecule has 3 nitrogen and oxygen atoms in total. The molecule has 0 rings (SSSR count). The first-order valence-corrected chi connectivity index (χ1v) is 3.06. The van der Waals surface area contributed by atoms with Crippen molar-refractivity contribution in [2.24, 2.45) is 5.73 Å². The predicted molar refractivity (Wildman–Crippen MR) is 25.3 cm³/mol. The van der Waals surface area contributed by atoms with Crippen molar-refractivity contribution in [3.05, 3.63) is 0 Å². The maximum Gasteiger partial charge on any atom is 0.166 e. The Kier molecular flexibility index (Phi) is 3.68. The predicted octanol–water partition coefficient (Wildman–Crippen LogP) is -0.758. The first kappa shape index (κ1) is 6.31. The second kappa shape index (κ2) is 3.50. The number of hydrogen-bond donors (Lipinski definition) is 3. The zero-order valence-corrected chi connectivity index (χ0v) is 4.23. The highest BCUT2D eigenvalue weighted by Gasteiger charge is 1.90. The molecule has 0 bridgehead atoms. The molecule has 0 amide bonds. The zero-order chi connectivity index (χ0) is 4.99. The number of hydrogen-bond acceptors (Lipinski definition) is 3. The standard InChI is InChI=1S/C2H8NO2P/c3-1-2-6(4)5/h4-5H,1-3H2. The van der Waals surface area contributed by atoms with Crippen molar-refractivity contribution in [2.75, 3.05) is 12.7 Å². The largest absolute Gasteiger partial charge is 0.350 e. The van der Waals surface area contributed by atoms with E-state index >= 15 is 0 Å². The zero-order valence-electron chi connectivity index (χ0n) is 3.33. The summed E-state index contributed by atoms with van der Waals surface area (Å²) >= 11 is 0. The van der Waals surface area contributed by atoms with Crippen LogP contribution in [0.15, 0.2) is 0 Å². The summed E-state index contributed by atoms with van der Waals surface area (Å²) in [6, 6.07) is 0. The topological polar surface area (TPSA) is 66.5 Å². The second-order valence-corrected chi connectivity index (χ2v) is 2.08. The Morgan fingerprint density at radius 2 is 2.00 bits per heavy atom. The molecule has 0 heterocycles. The van der Waals surface area contributed by atoms with Crippen LogP contribution in [0.4, 0.5) is 0 Å². The molecule has 0 aromatic rings. The molecule has 4 N–H and O–H groups in total. The summed E-state index contributed by atoms with van der Waals surface area (Å²) in [4.78, 5) is 16.2. The monoisotopic (exact) mass is 109 g/mol. The van der Waals surface area contributed by atoms with Gasteiger partial charge in [0, 0.05) is 12.7 Å². The van der Waals surface area contributed by atoms with Crippen molar-refractivity contribution in [3.8, 4) is 0 Å². The fraction of sp³-hybridized carbons (Fsp3) is 1.00. The molecule has 0 radical (unpaired) electrons. The Bertz CT molecular complexity index is 32.7. The van der Waals surface area contributed by atoms with Gasteiger partial charge in [0.25, 0.3) is 0 Å². The molecule has 0 aromatic carbocycles. The highest BCUT2D eigenvalue weighted by atomic mass is 31.2. The summed E-state index contributed by atoms with van der Waals surface area (Å²) in [5.74, 6) is 0. The minimum Gasteiger partial charge on any atom is -0.350 e. The smallest absolute Gasteiger partial charge is 0.166 e. The van der Waals surface area contributed by atoms with Crippen molar-refractivity contribution in [1.29, 1.82) is 0 Å². The molecule has 0 spiro atoms. The van der Waals surface area contributed by atoms with Gasteiger partial charge in [-0.2, -0.15) is 0 Å². The van der Waals surface area contributed by atoms with Crippen LogP contribution in [0.25, 0.3) is 0 Å². The van der Waals surface area contributed by atoms with E-state index in [-0.39, 0.29) is 0 Å². The molecular weight excluding hydrogens is 101 g/mol. The van der Waals surface area contributed by atoms with E-state index in [2.05, 4.69) is 0 Å². The molecule has 0 saturated carbocycles. The van der Waals surface area contributed by atoms with Gasteiger partial charge in [-0.25, -0.2) is 0 Å². The lowest BCUT2D eigenvalue weighted by molar-refractivity contribution is 0.483. The van der Waals surface area contributed by atoms with Crippen LogP contribution in [0.5, 0.6) is 0 Å². The van der Waals surface area contributed by atoms with Crippen LogP contribution >= 0.6 is 8.38 Å². The summed E-state index contributed by atoms with van der Waals surface area (Å²) in [7, 11) is -1.73. The number of nitrogens with two attached hydrogens (primary N) is 1. The molecule has 0 aliphatic carbocycles. The van der Waals surface area contributed by atoms with Crippen molar-refractivity contribution in [3.63, 3.8) is 0 Å². The van der Waals surface area contributed by atoms with E-state index in [1.807, 2.05) is 0 Å². The van der Waals surface area contributed by atoms with E-state index < -0.39 is 8.38 Å². The maximum atomic E-state index is 8.09. The highest BCUT2D eigenvalue weighted by Crippen LogP contribution is 2.19. The lowest BCUT2D eigenvalue weighted by atomic mass is 10.8. The summed E-state index contributed by atoms with van der Waals surface area (Å²) in [5.41, 5.74) is 4.93. The third-order valence-electron chi connectivity index (χ3n) is 0.329. The molecule has 0 aliphatic rings. The Hall–Kier alpha value is 0.310. The molecule has 0 atom stereocenters. The van der Waals surface area contributed by atoms with Crippen LogP contribution in [0, 0.1) is 0 Å². The van der Waals surface area contributed by atoms with Gasteiger partial charge < -0.3 is 15.5 Å². The van der Waals surface area contributed by atoms with Crippen molar-refractivity contribution < 1.29 is 9.79 Å². The molecule has 38 valence electrons. The van der Waals surface area contributed by atoms with E-state index in [4.69, 9.17) is 15.5 Å². The minimum absolute atomic E-state index is 0.329. The average molecular weight is 109 g/mol. The quantitative estimate of drug-likeness (QED) is 0.408. The Labute approximate surface area is 37.7 Å². The summed E-state index contributed by atoms with van der Waals surface area (Å²) in [5, 5.41) is 0. The first-order chi connectivity index (χ1) is 2.77. The Balaban J connectivity index is 2.63. The van der Waals surface area contributed by atoms with Crippen molar-refractivity contribution in [2.45, 2.75) is 0 Å². The van der Waals surface area contributed by atoms with Crippen LogP contribution < -0.4 is 5.73 Å². The molecule has 0 saturated heterocycles. The van der Waals surface area contributed by atoms with Crippen LogP contribution in [-0.2, 0) is 0 Å². The van der Waals surface area contributed by atoms with Gasteiger partial charge in [-0.1, -0.05) is 0 Å². The Morgan fingerprint density at radius 1 is 1.50 bits per heavy atom. The molecule has 0 fully saturated rings. The third kappa shape index (κ3) is 4.31. The minimum atomic E-state index is -1.73. The molecule has 0 unspecified atom stereocenters. The van der Waals surface area contributed by atoms with Gasteiger partial charge in [0.05, 0.1) is 0 Å². The normalized spacial score (nSPS) is 10.0. The van der Waals surface area contributed by atoms with Crippen LogP contribution in [0.2, 0.25) is 0 Å². The van der Waals surface area contributed by atoms with E-state index in [9.17, 15) is 0 Å². The molecular formula is C2H8NO2P. The fourth-order valence-electron chi connectivity index (χ4n) is 0.115. The number of rotatable bonds is 2. The van der Waals surface area contributed by atoms with E-state index in [0.717, 1.165) is 0 Å². The lowest BCUT2D eigenvalue weighted by Crippen LogP contribution is -2.02. The summed E-state index contributed by atoms with van der Waals surface area (Å²) in [6.45, 7) is 0.360. The highest BCUT2D eigenvalue weighted by molar-refractivity contribution is 7.45. The fourth-order valence-corrected chi connectivity index (χ4v) is 0.346. The molecule has 4 heteroatoms. The maximum absolute atomic E-state index is 8.09. The third-order valence-corrected chi connectivity index (χ3v) is 0.987. The van der Waals surface area contributed by atoms with E-state index in [0.29, 0.717) is 12.7 Å². The van der Waals surface area contributed by atoms with Gasteiger partial charge in [0.1, 0.15) is 0 Å². The van der Waals surface area contributed by atoms with E-state index in [1.54, 1.807) is 0 Å². The molecule has 6 heavy (non-hydrogen) atoms. The van der Waals surface area contributed by atoms with Gasteiger partial charge in [-0.3, -0.25) is 0 Å². The molecule has 0 aliphatic heterocycles. The van der Waals surface area contributed by atoms with Crippen LogP contribution in [0.3, 0.4) is 0 Å². The summed E-state index contributed by atoms with van der Waals surface area (Å²) < 4.78 is 0. The molecule has 0 aromatic heterocycles. The van der Waals surface area contributed by atoms with Gasteiger partial charge >= 0.3 is 0 Å². The SMILES string of the molecule is NCCP(O)O. The van der Waals surface area contributed by atoms with Gasteiger partial charge in [-0.15, -0.1) is 0 Å². The second-order valence-electron chi connectivity index (χ2n) is 0.885. The van der Waals surface area contributed by atoms with Gasteiger partial charge in [0.15, 0.2) is 8.38 Å². The summed E-state index contributed by atoms with van der Waals surface area (Å²) in [6.07, 6.45) is 0.329. The van der Waals surface area contributed by atoms with Crippen LogP contribution in [-0.4, -0.2) is 22.5 Å². The van der Waals surface area contributed by atoms with E-state index in [1.165, 1.54) is 0 Å². The first-order valence-electron chi connectivity index (χ1n) is 1.62. The van der Waals surface area contributed by atoms with Crippen LogP contribution in [0.1, 0.15) is 0 Å². The van der Waals surface area contributed by atoms with Crippen molar-refractivity contribution in [1.82, 2.24) is 0 Å². The van der Waals surface area contributed by atoms with Gasteiger partial charge in [-0.05, 0) is 0 Å². The average Bonchev–Trinajstić information content (AvgIpc) is 1.35. The van der Waals surface area contributed by atoms with Crippen molar-refractivity contribution >= 4 is 8.38 Å². The Morgan fingerprint density at radius 3 is 2.00 bits per heavy atom. The lowest BCUT2D eigenvalue weighted by Gasteiger charge is -1.93.